The van der Waals surface area contributed by atoms with E-state index in [0.717, 1.165) is 17.3 Å². The number of rotatable bonds is 4. The molecule has 19 heavy (non-hydrogen) atoms. The van der Waals surface area contributed by atoms with E-state index in [-0.39, 0.29) is 6.04 Å². The molecule has 0 aliphatic heterocycles. The van der Waals surface area contributed by atoms with Crippen molar-refractivity contribution in [1.82, 2.24) is 15.1 Å². The normalized spacial score (nSPS) is 12.7. The quantitative estimate of drug-likeness (QED) is 0.928. The number of aromatic nitrogens is 2. The Labute approximate surface area is 119 Å². The Balaban J connectivity index is 2.25. The van der Waals surface area contributed by atoms with E-state index in [1.807, 2.05) is 18.7 Å². The zero-order valence-electron chi connectivity index (χ0n) is 11.9. The van der Waals surface area contributed by atoms with Crippen LogP contribution in [0.15, 0.2) is 24.4 Å². The van der Waals surface area contributed by atoms with E-state index in [4.69, 9.17) is 11.6 Å². The van der Waals surface area contributed by atoms with Crippen LogP contribution in [0.4, 0.5) is 0 Å². The van der Waals surface area contributed by atoms with Crippen LogP contribution in [-0.4, -0.2) is 16.8 Å². The minimum atomic E-state index is 0.231. The minimum Gasteiger partial charge on any atom is -0.311 e. The lowest BCUT2D eigenvalue weighted by atomic mass is 10.0. The molecule has 0 spiro atoms. The van der Waals surface area contributed by atoms with E-state index in [2.05, 4.69) is 42.5 Å². The first-order valence-corrected chi connectivity index (χ1v) is 6.83. The average Bonchev–Trinajstić information content (AvgIpc) is 2.71. The molecule has 0 amide bonds. The fraction of sp³-hybridized carbons (Fsp3) is 0.400. The van der Waals surface area contributed by atoms with Gasteiger partial charge in [0.05, 0.1) is 29.5 Å². The fourth-order valence-corrected chi connectivity index (χ4v) is 2.27. The lowest BCUT2D eigenvalue weighted by Crippen LogP contribution is -2.23. The summed E-state index contributed by atoms with van der Waals surface area (Å²) >= 11 is 6.04. The van der Waals surface area contributed by atoms with E-state index in [0.29, 0.717) is 0 Å². The van der Waals surface area contributed by atoms with Crippen molar-refractivity contribution in [3.63, 3.8) is 0 Å². The molecule has 0 saturated carbocycles. The number of hydrogen-bond acceptors (Lipinski definition) is 2. The molecule has 4 heteroatoms. The number of hydrogen-bond donors (Lipinski definition) is 1. The number of nitrogens with zero attached hydrogens (tertiary/aromatic N) is 2. The molecule has 1 unspecified atom stereocenters. The van der Waals surface area contributed by atoms with Crippen molar-refractivity contribution in [2.75, 3.05) is 7.05 Å². The molecule has 2 rings (SSSR count). The fourth-order valence-electron chi connectivity index (χ4n) is 2.13. The molecule has 2 aromatic rings. The van der Waals surface area contributed by atoms with Gasteiger partial charge in [0.1, 0.15) is 0 Å². The van der Waals surface area contributed by atoms with Crippen molar-refractivity contribution in [3.05, 3.63) is 51.8 Å². The summed E-state index contributed by atoms with van der Waals surface area (Å²) < 4.78 is 1.94. The van der Waals surface area contributed by atoms with Gasteiger partial charge in [0.15, 0.2) is 0 Å². The van der Waals surface area contributed by atoms with E-state index < -0.39 is 0 Å². The van der Waals surface area contributed by atoms with Crippen LogP contribution in [0.25, 0.3) is 0 Å². The third-order valence-electron chi connectivity index (χ3n) is 3.68. The Morgan fingerprint density at radius 1 is 1.26 bits per heavy atom. The first-order chi connectivity index (χ1) is 9.02. The summed E-state index contributed by atoms with van der Waals surface area (Å²) in [4.78, 5) is 0. The predicted molar refractivity (Wildman–Crippen MR) is 79.7 cm³/mol. The highest BCUT2D eigenvalue weighted by atomic mass is 35.5. The number of benzene rings is 1. The van der Waals surface area contributed by atoms with Gasteiger partial charge in [-0.05, 0) is 44.5 Å². The first kappa shape index (κ1) is 14.1. The maximum absolute atomic E-state index is 6.04. The monoisotopic (exact) mass is 277 g/mol. The molecule has 0 fully saturated rings. The minimum absolute atomic E-state index is 0.231. The highest BCUT2D eigenvalue weighted by Crippen LogP contribution is 2.21. The van der Waals surface area contributed by atoms with E-state index in [1.165, 1.54) is 16.7 Å². The summed E-state index contributed by atoms with van der Waals surface area (Å²) in [7, 11) is 1.97. The summed E-state index contributed by atoms with van der Waals surface area (Å²) in [5.74, 6) is 0. The summed E-state index contributed by atoms with van der Waals surface area (Å²) in [5, 5.41) is 8.38. The Morgan fingerprint density at radius 2 is 2.00 bits per heavy atom. The summed E-state index contributed by atoms with van der Waals surface area (Å²) in [6.45, 7) is 7.03. The Bertz CT molecular complexity index is 575. The molecular weight excluding hydrogens is 258 g/mol. The van der Waals surface area contributed by atoms with Crippen molar-refractivity contribution in [3.8, 4) is 0 Å². The smallest absolute Gasteiger partial charge is 0.0814 e. The van der Waals surface area contributed by atoms with Crippen LogP contribution < -0.4 is 5.32 Å². The van der Waals surface area contributed by atoms with Crippen LogP contribution in [0.1, 0.15) is 28.4 Å². The van der Waals surface area contributed by atoms with Gasteiger partial charge >= 0.3 is 0 Å². The highest BCUT2D eigenvalue weighted by molar-refractivity contribution is 6.31. The third kappa shape index (κ3) is 2.99. The van der Waals surface area contributed by atoms with Gasteiger partial charge in [0.25, 0.3) is 0 Å². The number of nitrogens with one attached hydrogen (secondary N) is 1. The topological polar surface area (TPSA) is 29.9 Å². The van der Waals surface area contributed by atoms with E-state index in [1.54, 1.807) is 6.20 Å². The van der Waals surface area contributed by atoms with Crippen molar-refractivity contribution < 1.29 is 0 Å². The zero-order chi connectivity index (χ0) is 14.0. The SMILES string of the molecule is CNC(Cn1ncc(Cl)c1C)c1ccc(C)c(C)c1. The molecule has 0 radical (unpaired) electrons. The Morgan fingerprint density at radius 3 is 2.53 bits per heavy atom. The maximum Gasteiger partial charge on any atom is 0.0814 e. The predicted octanol–water partition coefficient (Wildman–Crippen LogP) is 3.42. The van der Waals surface area contributed by atoms with Crippen molar-refractivity contribution >= 4 is 11.6 Å². The van der Waals surface area contributed by atoms with Crippen LogP contribution in [0.5, 0.6) is 0 Å². The summed E-state index contributed by atoms with van der Waals surface area (Å²) in [5.41, 5.74) is 4.91. The Kier molecular flexibility index (Phi) is 4.27. The second-order valence-electron chi connectivity index (χ2n) is 4.94. The lowest BCUT2D eigenvalue weighted by molar-refractivity contribution is 0.461. The highest BCUT2D eigenvalue weighted by Gasteiger charge is 2.13. The van der Waals surface area contributed by atoms with Gasteiger partial charge in [-0.3, -0.25) is 4.68 Å². The number of likely N-dealkylation sites (N-methyl/N-ethyl adjacent to an activating group) is 1. The van der Waals surface area contributed by atoms with Gasteiger partial charge in [-0.15, -0.1) is 0 Å². The maximum atomic E-state index is 6.04. The second kappa shape index (κ2) is 5.76. The molecule has 1 heterocycles. The molecule has 0 aliphatic carbocycles. The third-order valence-corrected chi connectivity index (χ3v) is 4.05. The lowest BCUT2D eigenvalue weighted by Gasteiger charge is -2.19. The Hall–Kier alpha value is -1.32. The molecule has 3 nitrogen and oxygen atoms in total. The van der Waals surface area contributed by atoms with Gasteiger partial charge in [-0.1, -0.05) is 29.8 Å². The molecule has 1 atom stereocenters. The zero-order valence-corrected chi connectivity index (χ0v) is 12.6. The van der Waals surface area contributed by atoms with E-state index in [9.17, 15) is 0 Å². The van der Waals surface area contributed by atoms with Crippen molar-refractivity contribution in [2.24, 2.45) is 0 Å². The summed E-state index contributed by atoms with van der Waals surface area (Å²) in [6, 6.07) is 6.80. The largest absolute Gasteiger partial charge is 0.311 e. The number of aryl methyl sites for hydroxylation is 2. The molecule has 1 aromatic heterocycles. The molecule has 0 saturated heterocycles. The van der Waals surface area contributed by atoms with Gasteiger partial charge in [-0.25, -0.2) is 0 Å². The molecule has 1 N–H and O–H groups in total. The molecule has 0 bridgehead atoms. The molecule has 1 aromatic carbocycles. The van der Waals surface area contributed by atoms with Crippen LogP contribution in [0.3, 0.4) is 0 Å². The second-order valence-corrected chi connectivity index (χ2v) is 5.35. The van der Waals surface area contributed by atoms with Crippen molar-refractivity contribution in [1.29, 1.82) is 0 Å². The van der Waals surface area contributed by atoms with E-state index >= 15 is 0 Å². The standard InChI is InChI=1S/C15H20ClN3/c1-10-5-6-13(7-11(10)2)15(17-4)9-19-12(3)14(16)8-18-19/h5-8,15,17H,9H2,1-4H3. The molecule has 0 aliphatic rings. The van der Waals surface area contributed by atoms with Gasteiger partial charge in [0, 0.05) is 0 Å². The van der Waals surface area contributed by atoms with Gasteiger partial charge in [-0.2, -0.15) is 5.10 Å². The average molecular weight is 278 g/mol. The van der Waals surface area contributed by atoms with Crippen LogP contribution in [0.2, 0.25) is 5.02 Å². The first-order valence-electron chi connectivity index (χ1n) is 6.45. The van der Waals surface area contributed by atoms with Gasteiger partial charge in [0.2, 0.25) is 0 Å². The number of halogens is 1. The van der Waals surface area contributed by atoms with Crippen molar-refractivity contribution in [2.45, 2.75) is 33.4 Å². The molecule has 102 valence electrons. The van der Waals surface area contributed by atoms with Crippen LogP contribution in [-0.2, 0) is 6.54 Å². The molecular formula is C15H20ClN3. The summed E-state index contributed by atoms with van der Waals surface area (Å²) in [6.07, 6.45) is 1.70. The van der Waals surface area contributed by atoms with Crippen LogP contribution >= 0.6 is 11.6 Å². The van der Waals surface area contributed by atoms with Crippen LogP contribution in [0, 0.1) is 20.8 Å². The van der Waals surface area contributed by atoms with Gasteiger partial charge < -0.3 is 5.32 Å².